The third-order valence-corrected chi connectivity index (χ3v) is 4.31. The monoisotopic (exact) mass is 273 g/mol. The zero-order chi connectivity index (χ0) is 9.26. The quantitative estimate of drug-likeness (QED) is 0.785. The predicted molar refractivity (Wildman–Crippen MR) is 58.5 cm³/mol. The van der Waals surface area contributed by atoms with E-state index in [-0.39, 0.29) is 0 Å². The largest absolute Gasteiger partial charge is 0.296 e. The molecule has 0 fully saturated rings. The highest BCUT2D eigenvalue weighted by Crippen LogP contribution is 2.34. The summed E-state index contributed by atoms with van der Waals surface area (Å²) in [6, 6.07) is 1.97. The van der Waals surface area contributed by atoms with Crippen molar-refractivity contribution in [2.24, 2.45) is 0 Å². The number of nitrogens with zero attached hydrogens (tertiary/aromatic N) is 1. The lowest BCUT2D eigenvalue weighted by Gasteiger charge is -1.89. The van der Waals surface area contributed by atoms with Crippen LogP contribution in [0.15, 0.2) is 21.3 Å². The maximum atomic E-state index is 10.4. The Hall–Kier alpha value is -0.520. The van der Waals surface area contributed by atoms with E-state index in [2.05, 4.69) is 20.9 Å². The van der Waals surface area contributed by atoms with Crippen molar-refractivity contribution in [3.8, 4) is 9.88 Å². The normalized spacial score (nSPS) is 10.2. The summed E-state index contributed by atoms with van der Waals surface area (Å²) in [5, 5.41) is 4.64. The van der Waals surface area contributed by atoms with E-state index in [1.165, 1.54) is 11.3 Å². The van der Waals surface area contributed by atoms with Gasteiger partial charge in [-0.15, -0.1) is 22.7 Å². The summed E-state index contributed by atoms with van der Waals surface area (Å²) in [7, 11) is 0. The van der Waals surface area contributed by atoms with Gasteiger partial charge in [-0.1, -0.05) is 0 Å². The van der Waals surface area contributed by atoms with E-state index in [0.29, 0.717) is 5.69 Å². The first-order valence-electron chi connectivity index (χ1n) is 3.45. The van der Waals surface area contributed by atoms with Crippen LogP contribution in [0, 0.1) is 0 Å². The Kier molecular flexibility index (Phi) is 2.57. The molecule has 0 aliphatic carbocycles. The molecule has 2 nitrogen and oxygen atoms in total. The number of thiazole rings is 1. The molecule has 0 radical (unpaired) electrons. The van der Waals surface area contributed by atoms with E-state index in [9.17, 15) is 4.79 Å². The molecule has 2 aromatic heterocycles. The van der Waals surface area contributed by atoms with Crippen molar-refractivity contribution in [3.05, 3.63) is 27.0 Å². The fourth-order valence-electron chi connectivity index (χ4n) is 0.891. The van der Waals surface area contributed by atoms with Crippen LogP contribution < -0.4 is 0 Å². The first-order valence-corrected chi connectivity index (χ1v) is 6.00. The Morgan fingerprint density at radius 3 is 2.85 bits per heavy atom. The van der Waals surface area contributed by atoms with E-state index in [4.69, 9.17) is 0 Å². The number of rotatable bonds is 2. The number of halogens is 1. The maximum absolute atomic E-state index is 10.4. The number of hydrogen-bond donors (Lipinski definition) is 0. The molecule has 2 heterocycles. The van der Waals surface area contributed by atoms with Gasteiger partial charge >= 0.3 is 0 Å². The van der Waals surface area contributed by atoms with Crippen LogP contribution in [0.1, 0.15) is 10.5 Å². The first kappa shape index (κ1) is 9.05. The smallest absolute Gasteiger partial charge is 0.169 e. The highest BCUT2D eigenvalue weighted by atomic mass is 79.9. The lowest BCUT2D eigenvalue weighted by molar-refractivity contribution is 0.111. The van der Waals surface area contributed by atoms with E-state index in [1.807, 2.05) is 11.4 Å². The zero-order valence-corrected chi connectivity index (χ0v) is 9.58. The molecule has 0 N–H and O–H groups in total. The molecule has 5 heteroatoms. The number of aromatic nitrogens is 1. The van der Waals surface area contributed by atoms with Crippen LogP contribution in [0.2, 0.25) is 0 Å². The van der Waals surface area contributed by atoms with Crippen molar-refractivity contribution in [3.63, 3.8) is 0 Å². The second-order valence-electron chi connectivity index (χ2n) is 2.29. The van der Waals surface area contributed by atoms with Crippen LogP contribution in [-0.4, -0.2) is 11.3 Å². The van der Waals surface area contributed by atoms with Gasteiger partial charge in [0, 0.05) is 9.85 Å². The highest BCUT2D eigenvalue weighted by molar-refractivity contribution is 9.10. The van der Waals surface area contributed by atoms with E-state index in [1.54, 1.807) is 16.7 Å². The molecule has 0 unspecified atom stereocenters. The third-order valence-electron chi connectivity index (χ3n) is 1.45. The molecule has 2 aromatic rings. The predicted octanol–water partition coefficient (Wildman–Crippen LogP) is 3.45. The standard InChI is InChI=1S/C8H4BrNOS2/c9-6-1-2-12-7(6)8-10-5(3-11)4-13-8/h1-4H. The maximum Gasteiger partial charge on any atom is 0.169 e. The fourth-order valence-corrected chi connectivity index (χ4v) is 3.47. The second kappa shape index (κ2) is 3.69. The van der Waals surface area contributed by atoms with Gasteiger partial charge in [0.2, 0.25) is 0 Å². The van der Waals surface area contributed by atoms with E-state index >= 15 is 0 Å². The van der Waals surface area contributed by atoms with Gasteiger partial charge in [-0.2, -0.15) is 0 Å². The Morgan fingerprint density at radius 2 is 2.31 bits per heavy atom. The molecule has 0 saturated carbocycles. The van der Waals surface area contributed by atoms with Crippen LogP contribution in [0.3, 0.4) is 0 Å². The van der Waals surface area contributed by atoms with Crippen molar-refractivity contribution >= 4 is 44.9 Å². The van der Waals surface area contributed by atoms with Crippen LogP contribution in [0.25, 0.3) is 9.88 Å². The van der Waals surface area contributed by atoms with Crippen LogP contribution >= 0.6 is 38.6 Å². The molecule has 0 aliphatic rings. The Bertz CT molecular complexity index is 435. The highest BCUT2D eigenvalue weighted by Gasteiger charge is 2.08. The third kappa shape index (κ3) is 1.72. The Labute approximate surface area is 91.4 Å². The summed E-state index contributed by atoms with van der Waals surface area (Å²) in [4.78, 5) is 15.7. The molecule has 0 spiro atoms. The summed E-state index contributed by atoms with van der Waals surface area (Å²) in [5.41, 5.74) is 0.500. The van der Waals surface area contributed by atoms with Gasteiger partial charge in [0.15, 0.2) is 6.29 Å². The van der Waals surface area contributed by atoms with Gasteiger partial charge in [-0.25, -0.2) is 4.98 Å². The SMILES string of the molecule is O=Cc1csc(-c2sccc2Br)n1. The first-order chi connectivity index (χ1) is 6.31. The molecular formula is C8H4BrNOS2. The lowest BCUT2D eigenvalue weighted by Crippen LogP contribution is -1.77. The zero-order valence-electron chi connectivity index (χ0n) is 6.36. The van der Waals surface area contributed by atoms with Gasteiger partial charge in [0.1, 0.15) is 10.7 Å². The summed E-state index contributed by atoms with van der Waals surface area (Å²) < 4.78 is 1.03. The molecule has 0 amide bonds. The Balaban J connectivity index is 2.46. The van der Waals surface area contributed by atoms with Crippen LogP contribution in [0.5, 0.6) is 0 Å². The van der Waals surface area contributed by atoms with Crippen molar-refractivity contribution in [2.45, 2.75) is 0 Å². The van der Waals surface area contributed by atoms with Gasteiger partial charge in [0.05, 0.1) is 4.88 Å². The second-order valence-corrected chi connectivity index (χ2v) is 4.92. The molecule has 0 aromatic carbocycles. The number of carbonyl (C=O) groups is 1. The minimum Gasteiger partial charge on any atom is -0.296 e. The number of carbonyl (C=O) groups excluding carboxylic acids is 1. The number of thiophene rings is 1. The lowest BCUT2D eigenvalue weighted by atomic mass is 10.5. The van der Waals surface area contributed by atoms with E-state index in [0.717, 1.165) is 20.6 Å². The summed E-state index contributed by atoms with van der Waals surface area (Å²) in [6.07, 6.45) is 0.765. The van der Waals surface area contributed by atoms with Gasteiger partial charge < -0.3 is 0 Å². The summed E-state index contributed by atoms with van der Waals surface area (Å²) >= 11 is 6.52. The number of aldehydes is 1. The molecule has 0 saturated heterocycles. The van der Waals surface area contributed by atoms with Crippen LogP contribution in [0.4, 0.5) is 0 Å². The summed E-state index contributed by atoms with van der Waals surface area (Å²) in [6.45, 7) is 0. The van der Waals surface area contributed by atoms with Gasteiger partial charge in [-0.3, -0.25) is 4.79 Å². The average molecular weight is 274 g/mol. The molecule has 2 rings (SSSR count). The molecule has 0 bridgehead atoms. The van der Waals surface area contributed by atoms with Crippen molar-refractivity contribution in [1.82, 2.24) is 4.98 Å². The molecule has 13 heavy (non-hydrogen) atoms. The molecule has 0 atom stereocenters. The Morgan fingerprint density at radius 1 is 1.46 bits per heavy atom. The minimum absolute atomic E-state index is 0.500. The average Bonchev–Trinajstić information content (AvgIpc) is 2.71. The summed E-state index contributed by atoms with van der Waals surface area (Å²) in [5.74, 6) is 0. The molecule has 66 valence electrons. The van der Waals surface area contributed by atoms with Gasteiger partial charge in [-0.05, 0) is 27.4 Å². The van der Waals surface area contributed by atoms with Gasteiger partial charge in [0.25, 0.3) is 0 Å². The van der Waals surface area contributed by atoms with Crippen molar-refractivity contribution in [2.75, 3.05) is 0 Å². The molecular weight excluding hydrogens is 270 g/mol. The van der Waals surface area contributed by atoms with E-state index < -0.39 is 0 Å². The van der Waals surface area contributed by atoms with Crippen molar-refractivity contribution < 1.29 is 4.79 Å². The number of hydrogen-bond acceptors (Lipinski definition) is 4. The van der Waals surface area contributed by atoms with Crippen LogP contribution in [-0.2, 0) is 0 Å². The molecule has 0 aliphatic heterocycles. The topological polar surface area (TPSA) is 30.0 Å². The fraction of sp³-hybridized carbons (Fsp3) is 0. The van der Waals surface area contributed by atoms with Crippen molar-refractivity contribution in [1.29, 1.82) is 0 Å². The minimum atomic E-state index is 0.500.